The lowest BCUT2D eigenvalue weighted by molar-refractivity contribution is 0.177. The van der Waals surface area contributed by atoms with Gasteiger partial charge < -0.3 is 15.1 Å². The van der Waals surface area contributed by atoms with Gasteiger partial charge in [-0.3, -0.25) is 0 Å². The second-order valence-corrected chi connectivity index (χ2v) is 9.30. The summed E-state index contributed by atoms with van der Waals surface area (Å²) in [6.07, 6.45) is 4.93. The van der Waals surface area contributed by atoms with Gasteiger partial charge in [0.1, 0.15) is 0 Å². The average Bonchev–Trinajstić information content (AvgIpc) is 3.21. The van der Waals surface area contributed by atoms with Gasteiger partial charge in [0, 0.05) is 23.7 Å². The number of thiophene rings is 1. The molecule has 28 heavy (non-hydrogen) atoms. The van der Waals surface area contributed by atoms with Gasteiger partial charge in [0.25, 0.3) is 0 Å². The molecular weight excluding hydrogens is 382 g/mol. The molecule has 0 saturated carbocycles. The molecule has 1 fully saturated rings. The van der Waals surface area contributed by atoms with Crippen molar-refractivity contribution in [2.24, 2.45) is 5.92 Å². The highest BCUT2D eigenvalue weighted by Gasteiger charge is 2.17. The van der Waals surface area contributed by atoms with Crippen LogP contribution in [0.25, 0.3) is 0 Å². The molecule has 0 spiro atoms. The summed E-state index contributed by atoms with van der Waals surface area (Å²) in [7, 11) is 0. The van der Waals surface area contributed by atoms with Gasteiger partial charge in [-0.1, -0.05) is 32.0 Å². The Morgan fingerprint density at radius 1 is 1.29 bits per heavy atom. The highest BCUT2D eigenvalue weighted by Crippen LogP contribution is 2.17. The maximum atomic E-state index is 5.79. The Kier molecular flexibility index (Phi) is 8.31. The van der Waals surface area contributed by atoms with E-state index >= 15 is 0 Å². The Labute approximate surface area is 179 Å². The first-order valence-electron chi connectivity index (χ1n) is 10.5. The fourth-order valence-corrected chi connectivity index (χ4v) is 4.84. The third-order valence-corrected chi connectivity index (χ3v) is 6.69. The molecule has 1 atom stereocenters. The zero-order valence-corrected chi connectivity index (χ0v) is 18.8. The molecule has 1 aromatic heterocycles. The Bertz CT molecular complexity index is 712. The number of piperidine rings is 1. The van der Waals surface area contributed by atoms with E-state index in [4.69, 9.17) is 12.2 Å². The van der Waals surface area contributed by atoms with Crippen molar-refractivity contribution < 1.29 is 0 Å². The summed E-state index contributed by atoms with van der Waals surface area (Å²) in [5, 5.41) is 6.41. The molecule has 0 aliphatic carbocycles. The van der Waals surface area contributed by atoms with Crippen LogP contribution in [0.15, 0.2) is 41.8 Å². The highest BCUT2D eigenvalue weighted by atomic mass is 32.1. The quantitative estimate of drug-likeness (QED) is 0.563. The summed E-state index contributed by atoms with van der Waals surface area (Å²) in [5.74, 6) is 0.838. The van der Waals surface area contributed by atoms with Crippen molar-refractivity contribution in [1.29, 1.82) is 0 Å². The van der Waals surface area contributed by atoms with E-state index in [-0.39, 0.29) is 0 Å². The Balaban J connectivity index is 1.56. The molecule has 5 heteroatoms. The van der Waals surface area contributed by atoms with E-state index in [0.29, 0.717) is 0 Å². The number of hydrogen-bond acceptors (Lipinski definition) is 3. The van der Waals surface area contributed by atoms with Gasteiger partial charge in [-0.25, -0.2) is 0 Å². The van der Waals surface area contributed by atoms with Crippen molar-refractivity contribution in [3.63, 3.8) is 0 Å². The van der Waals surface area contributed by atoms with Gasteiger partial charge in [0.2, 0.25) is 0 Å². The summed E-state index contributed by atoms with van der Waals surface area (Å²) in [6, 6.07) is 12.9. The number of rotatable bonds is 8. The van der Waals surface area contributed by atoms with Crippen molar-refractivity contribution in [2.45, 2.75) is 46.1 Å². The number of benzene rings is 1. The third-order valence-electron chi connectivity index (χ3n) is 5.47. The SMILES string of the molecule is CCc1ccc(NC(=S)N(CCCN2CCCC(C)C2)Cc2cccs2)cc1. The Morgan fingerprint density at radius 2 is 2.11 bits per heavy atom. The van der Waals surface area contributed by atoms with Crippen LogP contribution in [-0.2, 0) is 13.0 Å². The molecule has 0 amide bonds. The van der Waals surface area contributed by atoms with Crippen molar-refractivity contribution in [3.8, 4) is 0 Å². The fourth-order valence-electron chi connectivity index (χ4n) is 3.84. The molecule has 0 radical (unpaired) electrons. The molecule has 1 N–H and O–H groups in total. The standard InChI is InChI=1S/C23H33N3S2/c1-3-20-9-11-21(12-10-20)24-23(27)26(18-22-8-5-16-28-22)15-6-14-25-13-4-7-19(2)17-25/h5,8-12,16,19H,3-4,6-7,13-15,17-18H2,1-2H3,(H,24,27). The first-order valence-corrected chi connectivity index (χ1v) is 11.8. The van der Waals surface area contributed by atoms with Crippen LogP contribution in [0, 0.1) is 5.92 Å². The van der Waals surface area contributed by atoms with Crippen LogP contribution in [0.1, 0.15) is 43.6 Å². The van der Waals surface area contributed by atoms with Crippen molar-refractivity contribution in [2.75, 3.05) is 31.5 Å². The van der Waals surface area contributed by atoms with Crippen LogP contribution in [0.5, 0.6) is 0 Å². The molecular formula is C23H33N3S2. The predicted molar refractivity (Wildman–Crippen MR) is 126 cm³/mol. The maximum absolute atomic E-state index is 5.79. The zero-order valence-electron chi connectivity index (χ0n) is 17.2. The third kappa shape index (κ3) is 6.57. The first-order chi connectivity index (χ1) is 13.6. The van der Waals surface area contributed by atoms with Gasteiger partial charge in [0.05, 0.1) is 6.54 Å². The molecule has 2 heterocycles. The largest absolute Gasteiger partial charge is 0.344 e. The van der Waals surface area contributed by atoms with Crippen LogP contribution in [-0.4, -0.2) is 41.1 Å². The van der Waals surface area contributed by atoms with E-state index in [1.54, 1.807) is 11.3 Å². The number of nitrogens with zero attached hydrogens (tertiary/aromatic N) is 2. The molecule has 1 aromatic carbocycles. The van der Waals surface area contributed by atoms with Crippen LogP contribution in [0.3, 0.4) is 0 Å². The number of hydrogen-bond donors (Lipinski definition) is 1. The second kappa shape index (κ2) is 10.9. The molecule has 0 bridgehead atoms. The maximum Gasteiger partial charge on any atom is 0.173 e. The van der Waals surface area contributed by atoms with Gasteiger partial charge in [-0.2, -0.15) is 0 Å². The summed E-state index contributed by atoms with van der Waals surface area (Å²) >= 11 is 7.59. The number of likely N-dealkylation sites (tertiary alicyclic amines) is 1. The lowest BCUT2D eigenvalue weighted by Crippen LogP contribution is -2.39. The van der Waals surface area contributed by atoms with Crippen molar-refractivity contribution in [1.82, 2.24) is 9.80 Å². The number of nitrogens with one attached hydrogen (secondary N) is 1. The Morgan fingerprint density at radius 3 is 2.79 bits per heavy atom. The lowest BCUT2D eigenvalue weighted by atomic mass is 10.0. The monoisotopic (exact) mass is 415 g/mol. The minimum absolute atomic E-state index is 0.824. The van der Waals surface area contributed by atoms with E-state index in [9.17, 15) is 0 Å². The molecule has 1 aliphatic rings. The smallest absolute Gasteiger partial charge is 0.173 e. The van der Waals surface area contributed by atoms with Crippen LogP contribution >= 0.6 is 23.6 Å². The zero-order chi connectivity index (χ0) is 19.8. The van der Waals surface area contributed by atoms with Gasteiger partial charge >= 0.3 is 0 Å². The summed E-state index contributed by atoms with van der Waals surface area (Å²) in [6.45, 7) is 10.1. The minimum Gasteiger partial charge on any atom is -0.344 e. The molecule has 1 saturated heterocycles. The minimum atomic E-state index is 0.824. The van der Waals surface area contributed by atoms with Crippen molar-refractivity contribution >= 4 is 34.4 Å². The van der Waals surface area contributed by atoms with Gasteiger partial charge in [-0.05, 0) is 86.1 Å². The molecule has 3 rings (SSSR count). The van der Waals surface area contributed by atoms with E-state index in [2.05, 4.69) is 70.7 Å². The number of thiocarbonyl (C=S) groups is 1. The summed E-state index contributed by atoms with van der Waals surface area (Å²) in [4.78, 5) is 6.30. The summed E-state index contributed by atoms with van der Waals surface area (Å²) in [5.41, 5.74) is 2.42. The molecule has 3 nitrogen and oxygen atoms in total. The summed E-state index contributed by atoms with van der Waals surface area (Å²) < 4.78 is 0. The van der Waals surface area contributed by atoms with E-state index < -0.39 is 0 Å². The van der Waals surface area contributed by atoms with Crippen LogP contribution < -0.4 is 5.32 Å². The highest BCUT2D eigenvalue weighted by molar-refractivity contribution is 7.80. The molecule has 152 valence electrons. The first kappa shape index (κ1) is 21.3. The second-order valence-electron chi connectivity index (χ2n) is 7.88. The fraction of sp³-hybridized carbons (Fsp3) is 0.522. The Hall–Kier alpha value is -1.43. The van der Waals surface area contributed by atoms with Gasteiger partial charge in [0.15, 0.2) is 5.11 Å². The number of aryl methyl sites for hydroxylation is 1. The average molecular weight is 416 g/mol. The normalized spacial score (nSPS) is 17.4. The van der Waals surface area contributed by atoms with Crippen molar-refractivity contribution in [3.05, 3.63) is 52.2 Å². The van der Waals surface area contributed by atoms with E-state index in [1.165, 1.54) is 42.9 Å². The van der Waals surface area contributed by atoms with Crippen LogP contribution in [0.2, 0.25) is 0 Å². The van der Waals surface area contributed by atoms with E-state index in [0.717, 1.165) is 42.6 Å². The molecule has 2 aromatic rings. The predicted octanol–water partition coefficient (Wildman–Crippen LogP) is 5.63. The lowest BCUT2D eigenvalue weighted by Gasteiger charge is -2.32. The van der Waals surface area contributed by atoms with E-state index in [1.807, 2.05) is 0 Å². The topological polar surface area (TPSA) is 18.5 Å². The van der Waals surface area contributed by atoms with Crippen LogP contribution in [0.4, 0.5) is 5.69 Å². The number of anilines is 1. The molecule has 1 aliphatic heterocycles. The van der Waals surface area contributed by atoms with Gasteiger partial charge in [-0.15, -0.1) is 11.3 Å². The molecule has 1 unspecified atom stereocenters.